The molecule has 4 aromatic rings. The van der Waals surface area contributed by atoms with E-state index in [1.165, 1.54) is 17.0 Å². The molecule has 0 unspecified atom stereocenters. The van der Waals surface area contributed by atoms with Crippen LogP contribution in [0.3, 0.4) is 0 Å². The Bertz CT molecular complexity index is 1730. The van der Waals surface area contributed by atoms with Crippen molar-refractivity contribution in [2.45, 2.75) is 64.1 Å². The Morgan fingerprint density at radius 3 is 2.13 bits per heavy atom. The summed E-state index contributed by atoms with van der Waals surface area (Å²) in [6.07, 6.45) is 0.908. The van der Waals surface area contributed by atoms with Gasteiger partial charge >= 0.3 is 0 Å². The molecule has 0 saturated heterocycles. The van der Waals surface area contributed by atoms with Gasteiger partial charge in [0.05, 0.1) is 17.2 Å². The monoisotopic (exact) mass is 659 g/mol. The van der Waals surface area contributed by atoms with Gasteiger partial charge < -0.3 is 15.0 Å². The molecule has 4 rings (SSSR count). The zero-order chi connectivity index (χ0) is 34.0. The molecule has 0 radical (unpaired) electrons. The van der Waals surface area contributed by atoms with Crippen LogP contribution in [0.4, 0.5) is 10.1 Å². The predicted molar refractivity (Wildman–Crippen MR) is 182 cm³/mol. The molecule has 1 N–H and O–H groups in total. The molecule has 0 fully saturated rings. The first-order chi connectivity index (χ1) is 22.5. The number of hydrogen-bond donors (Lipinski definition) is 1. The topological polar surface area (TPSA) is 96.0 Å². The number of anilines is 1. The molecule has 2 atom stereocenters. The second kappa shape index (κ2) is 16.2. The molecule has 0 aliphatic rings. The molecule has 0 heterocycles. The van der Waals surface area contributed by atoms with E-state index in [9.17, 15) is 22.4 Å². The van der Waals surface area contributed by atoms with Crippen molar-refractivity contribution in [3.05, 3.63) is 126 Å². The number of amides is 2. The van der Waals surface area contributed by atoms with Crippen molar-refractivity contribution in [2.24, 2.45) is 0 Å². The van der Waals surface area contributed by atoms with Gasteiger partial charge in [-0.1, -0.05) is 61.5 Å². The van der Waals surface area contributed by atoms with Crippen LogP contribution in [0.15, 0.2) is 108 Å². The smallest absolute Gasteiger partial charge is 0.264 e. The number of carbonyl (C=O) groups is 2. The molecule has 10 heteroatoms. The largest absolute Gasteiger partial charge is 0.494 e. The lowest BCUT2D eigenvalue weighted by molar-refractivity contribution is -0.140. The number of hydrogen-bond acceptors (Lipinski definition) is 5. The molecular weight excluding hydrogens is 617 g/mol. The lowest BCUT2D eigenvalue weighted by Gasteiger charge is -2.34. The molecule has 8 nitrogen and oxygen atoms in total. The molecule has 2 amide bonds. The third-order valence-electron chi connectivity index (χ3n) is 7.99. The third-order valence-corrected chi connectivity index (χ3v) is 9.78. The summed E-state index contributed by atoms with van der Waals surface area (Å²) in [6.45, 7) is 7.51. The first-order valence-corrected chi connectivity index (χ1v) is 17.2. The molecule has 0 saturated carbocycles. The van der Waals surface area contributed by atoms with Gasteiger partial charge in [-0.3, -0.25) is 13.9 Å². The molecular formula is C37H42FN3O5S. The number of halogens is 1. The minimum atomic E-state index is -4.36. The van der Waals surface area contributed by atoms with E-state index in [4.69, 9.17) is 4.74 Å². The Kier molecular flexibility index (Phi) is 12.1. The Hall–Kier alpha value is -4.70. The van der Waals surface area contributed by atoms with E-state index in [1.807, 2.05) is 82.3 Å². The second-order valence-electron chi connectivity index (χ2n) is 11.4. The Balaban J connectivity index is 1.81. The fourth-order valence-corrected chi connectivity index (χ4v) is 6.52. The zero-order valence-corrected chi connectivity index (χ0v) is 28.0. The number of aryl methyl sites for hydroxylation is 1. The quantitative estimate of drug-likeness (QED) is 0.162. The van der Waals surface area contributed by atoms with Crippen LogP contribution in [0.5, 0.6) is 5.75 Å². The average molecular weight is 660 g/mol. The van der Waals surface area contributed by atoms with E-state index in [1.54, 1.807) is 24.3 Å². The summed E-state index contributed by atoms with van der Waals surface area (Å²) in [5.74, 6) is -0.965. The van der Waals surface area contributed by atoms with Gasteiger partial charge in [0, 0.05) is 19.0 Å². The molecule has 0 aliphatic carbocycles. The number of sulfonamides is 1. The van der Waals surface area contributed by atoms with Crippen molar-refractivity contribution in [1.82, 2.24) is 10.2 Å². The van der Waals surface area contributed by atoms with Gasteiger partial charge in [-0.2, -0.15) is 0 Å². The van der Waals surface area contributed by atoms with Crippen LogP contribution in [-0.2, 0) is 32.6 Å². The van der Waals surface area contributed by atoms with E-state index in [0.29, 0.717) is 18.8 Å². The van der Waals surface area contributed by atoms with Gasteiger partial charge in [0.15, 0.2) is 0 Å². The standard InChI is InChI=1S/C37H42FN3O5S/c1-5-28(4)39-37(43)35(24-29-13-8-7-9-14-29)40(25-30-15-11-10-12-27(30)3)36(42)26-41(32-18-20-33(21-19-32)46-6-2)47(44,45)34-22-16-31(38)17-23-34/h7-23,28,35H,5-6,24-26H2,1-4H3,(H,39,43)/t28-,35-/m1/s1. The molecule has 248 valence electrons. The summed E-state index contributed by atoms with van der Waals surface area (Å²) in [4.78, 5) is 29.8. The fraction of sp³-hybridized carbons (Fsp3) is 0.297. The maximum Gasteiger partial charge on any atom is 0.264 e. The van der Waals surface area contributed by atoms with E-state index >= 15 is 0 Å². The fourth-order valence-electron chi connectivity index (χ4n) is 5.10. The number of nitrogens with zero attached hydrogens (tertiary/aromatic N) is 2. The normalized spacial score (nSPS) is 12.5. The van der Waals surface area contributed by atoms with Crippen LogP contribution < -0.4 is 14.4 Å². The van der Waals surface area contributed by atoms with Gasteiger partial charge in [-0.15, -0.1) is 0 Å². The van der Waals surface area contributed by atoms with Crippen LogP contribution in [0, 0.1) is 12.7 Å². The van der Waals surface area contributed by atoms with Gasteiger partial charge in [-0.05, 0) is 92.4 Å². The van der Waals surface area contributed by atoms with E-state index < -0.39 is 34.3 Å². The molecule has 0 spiro atoms. The Morgan fingerprint density at radius 1 is 0.872 bits per heavy atom. The van der Waals surface area contributed by atoms with Gasteiger partial charge in [-0.25, -0.2) is 12.8 Å². The number of nitrogens with one attached hydrogen (secondary N) is 1. The maximum absolute atomic E-state index is 14.6. The van der Waals surface area contributed by atoms with Crippen LogP contribution in [0.1, 0.15) is 43.9 Å². The first-order valence-electron chi connectivity index (χ1n) is 15.7. The highest BCUT2D eigenvalue weighted by molar-refractivity contribution is 7.92. The van der Waals surface area contributed by atoms with Gasteiger partial charge in [0.1, 0.15) is 24.2 Å². The number of benzene rings is 4. The van der Waals surface area contributed by atoms with E-state index in [2.05, 4.69) is 5.32 Å². The van der Waals surface area contributed by atoms with Crippen molar-refractivity contribution in [2.75, 3.05) is 17.5 Å². The molecule has 0 aliphatic heterocycles. The summed E-state index contributed by atoms with van der Waals surface area (Å²) in [5, 5.41) is 3.04. The third kappa shape index (κ3) is 9.19. The lowest BCUT2D eigenvalue weighted by atomic mass is 10.0. The summed E-state index contributed by atoms with van der Waals surface area (Å²) in [6, 6.07) is 26.7. The van der Waals surface area contributed by atoms with Crippen LogP contribution in [0.25, 0.3) is 0 Å². The van der Waals surface area contributed by atoms with Crippen molar-refractivity contribution in [3.8, 4) is 5.75 Å². The first kappa shape index (κ1) is 35.2. The Morgan fingerprint density at radius 2 is 1.51 bits per heavy atom. The summed E-state index contributed by atoms with van der Waals surface area (Å²) < 4.78 is 48.6. The summed E-state index contributed by atoms with van der Waals surface area (Å²) in [5.41, 5.74) is 2.81. The summed E-state index contributed by atoms with van der Waals surface area (Å²) >= 11 is 0. The van der Waals surface area contributed by atoms with Crippen molar-refractivity contribution in [1.29, 1.82) is 0 Å². The maximum atomic E-state index is 14.6. The average Bonchev–Trinajstić information content (AvgIpc) is 3.07. The molecule has 0 bridgehead atoms. The highest BCUT2D eigenvalue weighted by atomic mass is 32.2. The predicted octanol–water partition coefficient (Wildman–Crippen LogP) is 6.28. The Labute approximate surface area is 277 Å². The van der Waals surface area contributed by atoms with Crippen LogP contribution in [0.2, 0.25) is 0 Å². The van der Waals surface area contributed by atoms with Crippen LogP contribution >= 0.6 is 0 Å². The van der Waals surface area contributed by atoms with Gasteiger partial charge in [0.25, 0.3) is 10.0 Å². The summed E-state index contributed by atoms with van der Waals surface area (Å²) in [7, 11) is -4.36. The van der Waals surface area contributed by atoms with E-state index in [0.717, 1.165) is 33.1 Å². The van der Waals surface area contributed by atoms with Crippen molar-refractivity contribution in [3.63, 3.8) is 0 Å². The molecule has 0 aromatic heterocycles. The number of ether oxygens (including phenoxy) is 1. The minimum Gasteiger partial charge on any atom is -0.494 e. The molecule has 4 aromatic carbocycles. The van der Waals surface area contributed by atoms with Crippen molar-refractivity contribution >= 4 is 27.5 Å². The number of rotatable bonds is 15. The van der Waals surface area contributed by atoms with E-state index in [-0.39, 0.29) is 35.5 Å². The second-order valence-corrected chi connectivity index (χ2v) is 13.2. The van der Waals surface area contributed by atoms with Crippen molar-refractivity contribution < 1.29 is 27.1 Å². The highest BCUT2D eigenvalue weighted by Crippen LogP contribution is 2.27. The molecule has 47 heavy (non-hydrogen) atoms. The number of carbonyl (C=O) groups excluding carboxylic acids is 2. The SMILES string of the molecule is CCOc1ccc(N(CC(=O)N(Cc2ccccc2C)[C@H](Cc2ccccc2)C(=O)N[C@H](C)CC)S(=O)(=O)c2ccc(F)cc2)cc1. The highest BCUT2D eigenvalue weighted by Gasteiger charge is 2.35. The lowest BCUT2D eigenvalue weighted by Crippen LogP contribution is -2.54. The minimum absolute atomic E-state index is 0.0741. The van der Waals surface area contributed by atoms with Crippen LogP contribution in [-0.4, -0.2) is 50.4 Å². The van der Waals surface area contributed by atoms with Gasteiger partial charge in [0.2, 0.25) is 11.8 Å². The zero-order valence-electron chi connectivity index (χ0n) is 27.2.